The molecule has 0 aliphatic carbocycles. The topological polar surface area (TPSA) is 36.9 Å². The van der Waals surface area contributed by atoms with Crippen LogP contribution >= 0.6 is 0 Å². The van der Waals surface area contributed by atoms with Crippen LogP contribution in [0.5, 0.6) is 0 Å². The van der Waals surface area contributed by atoms with Crippen molar-refractivity contribution in [3.63, 3.8) is 0 Å². The highest BCUT2D eigenvalue weighted by Gasteiger charge is 1.94. The second kappa shape index (κ2) is 4.40. The van der Waals surface area contributed by atoms with Gasteiger partial charge >= 0.3 is 0 Å². The zero-order valence-corrected chi connectivity index (χ0v) is 7.08. The Hall–Kier alpha value is -1.49. The molecule has 0 unspecified atom stereocenters. The molecule has 0 aliphatic heterocycles. The van der Waals surface area contributed by atoms with Gasteiger partial charge < -0.3 is 4.42 Å². The van der Waals surface area contributed by atoms with Gasteiger partial charge in [-0.2, -0.15) is 5.26 Å². The molecule has 62 valence electrons. The summed E-state index contributed by atoms with van der Waals surface area (Å²) in [6, 6.07) is 5.41. The van der Waals surface area contributed by atoms with Gasteiger partial charge in [-0.25, -0.2) is 0 Å². The van der Waals surface area contributed by atoms with E-state index in [1.807, 2.05) is 18.2 Å². The van der Waals surface area contributed by atoms with Gasteiger partial charge in [-0.3, -0.25) is 0 Å². The number of hydrogen-bond donors (Lipinski definition) is 0. The van der Waals surface area contributed by atoms with Crippen molar-refractivity contribution in [2.75, 3.05) is 0 Å². The summed E-state index contributed by atoms with van der Waals surface area (Å²) in [6.45, 7) is 2.12. The molecule has 0 fully saturated rings. The van der Waals surface area contributed by atoms with E-state index in [4.69, 9.17) is 9.68 Å². The highest BCUT2D eigenvalue weighted by Crippen LogP contribution is 2.08. The molecule has 1 aromatic rings. The molecule has 12 heavy (non-hydrogen) atoms. The van der Waals surface area contributed by atoms with Crippen LogP contribution in [0.15, 0.2) is 22.6 Å². The fraction of sp³-hybridized carbons (Fsp3) is 0.300. The third-order valence-corrected chi connectivity index (χ3v) is 1.47. The molecule has 1 heterocycles. The summed E-state index contributed by atoms with van der Waals surface area (Å²) in [4.78, 5) is 0. The highest BCUT2D eigenvalue weighted by molar-refractivity contribution is 5.43. The van der Waals surface area contributed by atoms with E-state index >= 15 is 0 Å². The molecule has 0 aliphatic rings. The van der Waals surface area contributed by atoms with Crippen molar-refractivity contribution in [3.05, 3.63) is 29.7 Å². The van der Waals surface area contributed by atoms with E-state index in [0.717, 1.165) is 18.6 Å². The maximum atomic E-state index is 8.45. The zero-order chi connectivity index (χ0) is 8.81. The van der Waals surface area contributed by atoms with E-state index in [1.54, 1.807) is 12.1 Å². The Morgan fingerprint density at radius 1 is 1.58 bits per heavy atom. The van der Waals surface area contributed by atoms with Gasteiger partial charge in [0.25, 0.3) is 0 Å². The van der Waals surface area contributed by atoms with Crippen molar-refractivity contribution >= 4 is 6.08 Å². The molecule has 0 amide bonds. The van der Waals surface area contributed by atoms with E-state index in [1.165, 1.54) is 0 Å². The SMILES string of the molecule is CCCC=Cc1ccc(C#N)o1. The van der Waals surface area contributed by atoms with Crippen molar-refractivity contribution < 1.29 is 4.42 Å². The lowest BCUT2D eigenvalue weighted by Crippen LogP contribution is -1.63. The van der Waals surface area contributed by atoms with Crippen LogP contribution in [0.1, 0.15) is 31.3 Å². The molecular weight excluding hydrogens is 150 g/mol. The normalized spacial score (nSPS) is 10.3. The molecule has 0 saturated carbocycles. The molecule has 1 aromatic heterocycles. The molecule has 0 radical (unpaired) electrons. The van der Waals surface area contributed by atoms with E-state index in [-0.39, 0.29) is 0 Å². The Labute approximate surface area is 72.1 Å². The number of nitrogens with zero attached hydrogens (tertiary/aromatic N) is 1. The largest absolute Gasteiger partial charge is 0.446 e. The Morgan fingerprint density at radius 3 is 3.00 bits per heavy atom. The molecule has 0 spiro atoms. The Bertz CT molecular complexity index is 304. The van der Waals surface area contributed by atoms with Crippen LogP contribution in [0.25, 0.3) is 6.08 Å². The third-order valence-electron chi connectivity index (χ3n) is 1.47. The smallest absolute Gasteiger partial charge is 0.204 e. The van der Waals surface area contributed by atoms with Crippen LogP contribution < -0.4 is 0 Å². The summed E-state index contributed by atoms with van der Waals surface area (Å²) >= 11 is 0. The van der Waals surface area contributed by atoms with Gasteiger partial charge in [-0.05, 0) is 24.6 Å². The summed E-state index contributed by atoms with van der Waals surface area (Å²) in [5, 5.41) is 8.45. The molecule has 0 bridgehead atoms. The van der Waals surface area contributed by atoms with Gasteiger partial charge in [0, 0.05) is 0 Å². The first-order valence-electron chi connectivity index (χ1n) is 4.03. The van der Waals surface area contributed by atoms with Gasteiger partial charge in [-0.1, -0.05) is 19.4 Å². The fourth-order valence-electron chi connectivity index (χ4n) is 0.869. The Morgan fingerprint density at radius 2 is 2.42 bits per heavy atom. The minimum atomic E-state index is 0.367. The average Bonchev–Trinajstić information content (AvgIpc) is 2.53. The molecule has 1 rings (SSSR count). The van der Waals surface area contributed by atoms with Gasteiger partial charge in [0.1, 0.15) is 11.8 Å². The van der Waals surface area contributed by atoms with Crippen molar-refractivity contribution in [3.8, 4) is 6.07 Å². The lowest BCUT2D eigenvalue weighted by atomic mass is 10.3. The zero-order valence-electron chi connectivity index (χ0n) is 7.08. The van der Waals surface area contributed by atoms with E-state index in [9.17, 15) is 0 Å². The number of nitriles is 1. The average molecular weight is 161 g/mol. The number of furan rings is 1. The van der Waals surface area contributed by atoms with Gasteiger partial charge in [0.05, 0.1) is 0 Å². The summed E-state index contributed by atoms with van der Waals surface area (Å²) in [7, 11) is 0. The number of rotatable bonds is 3. The first-order chi connectivity index (χ1) is 5.86. The number of unbranched alkanes of at least 4 members (excludes halogenated alkanes) is 1. The predicted molar refractivity (Wildman–Crippen MR) is 47.4 cm³/mol. The van der Waals surface area contributed by atoms with Crippen LogP contribution in [-0.4, -0.2) is 0 Å². The summed E-state index contributed by atoms with van der Waals surface area (Å²) in [6.07, 6.45) is 6.11. The van der Waals surface area contributed by atoms with Gasteiger partial charge in [-0.15, -0.1) is 0 Å². The van der Waals surface area contributed by atoms with E-state index in [2.05, 4.69) is 6.92 Å². The lowest BCUT2D eigenvalue weighted by Gasteiger charge is -1.83. The molecule has 0 aromatic carbocycles. The molecule has 2 heteroatoms. The fourth-order valence-corrected chi connectivity index (χ4v) is 0.869. The Balaban J connectivity index is 2.59. The standard InChI is InChI=1S/C10H11NO/c1-2-3-4-5-9-6-7-10(8-11)12-9/h4-7H,2-3H2,1H3. The summed E-state index contributed by atoms with van der Waals surface area (Å²) in [5.41, 5.74) is 0. The molecule has 0 atom stereocenters. The predicted octanol–water partition coefficient (Wildman–Crippen LogP) is 2.96. The maximum Gasteiger partial charge on any atom is 0.204 e. The van der Waals surface area contributed by atoms with Crippen LogP contribution in [0.4, 0.5) is 0 Å². The van der Waals surface area contributed by atoms with Crippen LogP contribution in [-0.2, 0) is 0 Å². The summed E-state index contributed by atoms with van der Waals surface area (Å²) < 4.78 is 5.13. The first kappa shape index (κ1) is 8.61. The summed E-state index contributed by atoms with van der Waals surface area (Å²) in [5.74, 6) is 1.12. The monoisotopic (exact) mass is 161 g/mol. The quantitative estimate of drug-likeness (QED) is 0.683. The van der Waals surface area contributed by atoms with Gasteiger partial charge in [0.2, 0.25) is 5.76 Å². The Kier molecular flexibility index (Phi) is 3.16. The second-order valence-corrected chi connectivity index (χ2v) is 2.50. The lowest BCUT2D eigenvalue weighted by molar-refractivity contribution is 0.543. The third kappa shape index (κ3) is 2.28. The van der Waals surface area contributed by atoms with Gasteiger partial charge in [0.15, 0.2) is 0 Å². The van der Waals surface area contributed by atoms with Crippen molar-refractivity contribution in [2.24, 2.45) is 0 Å². The first-order valence-corrected chi connectivity index (χ1v) is 4.03. The van der Waals surface area contributed by atoms with Crippen molar-refractivity contribution in [2.45, 2.75) is 19.8 Å². The molecule has 0 saturated heterocycles. The van der Waals surface area contributed by atoms with Crippen molar-refractivity contribution in [1.82, 2.24) is 0 Å². The minimum absolute atomic E-state index is 0.367. The van der Waals surface area contributed by atoms with Crippen LogP contribution in [0.3, 0.4) is 0 Å². The van der Waals surface area contributed by atoms with Crippen LogP contribution in [0, 0.1) is 11.3 Å². The molecule has 2 nitrogen and oxygen atoms in total. The minimum Gasteiger partial charge on any atom is -0.446 e. The highest BCUT2D eigenvalue weighted by atomic mass is 16.3. The van der Waals surface area contributed by atoms with Crippen molar-refractivity contribution in [1.29, 1.82) is 5.26 Å². The molecule has 0 N–H and O–H groups in total. The van der Waals surface area contributed by atoms with E-state index in [0.29, 0.717) is 5.76 Å². The number of allylic oxidation sites excluding steroid dienone is 1. The second-order valence-electron chi connectivity index (χ2n) is 2.50. The number of hydrogen-bond acceptors (Lipinski definition) is 2. The maximum absolute atomic E-state index is 8.45. The molecular formula is C10H11NO. The van der Waals surface area contributed by atoms with Crippen LogP contribution in [0.2, 0.25) is 0 Å². The van der Waals surface area contributed by atoms with E-state index < -0.39 is 0 Å².